The lowest BCUT2D eigenvalue weighted by atomic mass is 10.1. The van der Waals surface area contributed by atoms with E-state index in [9.17, 15) is 22.4 Å². The van der Waals surface area contributed by atoms with Gasteiger partial charge in [-0.25, -0.2) is 19.3 Å². The fraction of sp³-hybridized carbons (Fsp3) is 0.200. The third-order valence-electron chi connectivity index (χ3n) is 5.83. The van der Waals surface area contributed by atoms with Crippen molar-refractivity contribution in [3.63, 3.8) is 0 Å². The Morgan fingerprint density at radius 3 is 2.69 bits per heavy atom. The average Bonchev–Trinajstić information content (AvgIpc) is 3.31. The number of halogens is 4. The second kappa shape index (κ2) is 9.06. The first-order valence-electron chi connectivity index (χ1n) is 11.2. The van der Waals surface area contributed by atoms with E-state index in [4.69, 9.17) is 0 Å². The molecule has 0 saturated carbocycles. The van der Waals surface area contributed by atoms with Crippen molar-refractivity contribution in [3.8, 4) is 5.69 Å². The molecule has 0 saturated heterocycles. The Morgan fingerprint density at radius 1 is 1.11 bits per heavy atom. The Morgan fingerprint density at radius 2 is 1.92 bits per heavy atom. The van der Waals surface area contributed by atoms with Gasteiger partial charge in [0, 0.05) is 6.20 Å². The number of rotatable bonds is 6. The Kier molecular flexibility index (Phi) is 5.91. The summed E-state index contributed by atoms with van der Waals surface area (Å²) in [4.78, 5) is 29.7. The molecule has 0 aliphatic carbocycles. The number of nitrogens with one attached hydrogen (secondary N) is 2. The van der Waals surface area contributed by atoms with Crippen LogP contribution >= 0.6 is 0 Å². The first-order valence-corrected chi connectivity index (χ1v) is 11.2. The molecule has 1 atom stereocenters. The van der Waals surface area contributed by atoms with Crippen LogP contribution in [0.25, 0.3) is 27.6 Å². The summed E-state index contributed by atoms with van der Waals surface area (Å²) < 4.78 is 55.1. The molecule has 36 heavy (non-hydrogen) atoms. The highest BCUT2D eigenvalue weighted by molar-refractivity contribution is 5.86. The molecule has 7 nitrogen and oxygen atoms in total. The summed E-state index contributed by atoms with van der Waals surface area (Å²) >= 11 is 0. The van der Waals surface area contributed by atoms with E-state index in [1.54, 1.807) is 12.3 Å². The fourth-order valence-corrected chi connectivity index (χ4v) is 4.23. The quantitative estimate of drug-likeness (QED) is 0.305. The molecule has 5 rings (SSSR count). The van der Waals surface area contributed by atoms with E-state index in [1.807, 2.05) is 6.92 Å². The zero-order chi connectivity index (χ0) is 25.4. The lowest BCUT2D eigenvalue weighted by Crippen LogP contribution is -2.29. The van der Waals surface area contributed by atoms with Gasteiger partial charge < -0.3 is 10.3 Å². The molecule has 0 spiro atoms. The zero-order valence-electron chi connectivity index (χ0n) is 19.0. The highest BCUT2D eigenvalue weighted by Gasteiger charge is 2.28. The van der Waals surface area contributed by atoms with Gasteiger partial charge in [0.2, 0.25) is 0 Å². The maximum absolute atomic E-state index is 14.7. The third kappa shape index (κ3) is 4.39. The Hall–Kier alpha value is -4.28. The van der Waals surface area contributed by atoms with Crippen molar-refractivity contribution in [1.82, 2.24) is 24.5 Å². The van der Waals surface area contributed by atoms with E-state index in [0.717, 1.165) is 6.07 Å². The maximum atomic E-state index is 14.7. The van der Waals surface area contributed by atoms with E-state index in [2.05, 4.69) is 25.3 Å². The predicted molar refractivity (Wildman–Crippen MR) is 128 cm³/mol. The molecule has 0 fully saturated rings. The standard InChI is InChI=1S/C25H20F4N6O/c1-2-18(33-22-16-9-10-30-21(16)31-13-32-22)23-34-19-8-4-7-17(26)20(19)24(36)35(23)15-6-3-5-14(11-15)12-25(27,28)29/h3-11,13,18H,2,12H2,1H3,(H2,30,31,32,33). The van der Waals surface area contributed by atoms with Gasteiger partial charge in [0.15, 0.2) is 0 Å². The van der Waals surface area contributed by atoms with Crippen molar-refractivity contribution in [2.24, 2.45) is 0 Å². The van der Waals surface area contributed by atoms with Crippen molar-refractivity contribution in [2.45, 2.75) is 32.0 Å². The number of H-pyrrole nitrogens is 1. The van der Waals surface area contributed by atoms with Crippen LogP contribution < -0.4 is 10.9 Å². The van der Waals surface area contributed by atoms with Gasteiger partial charge in [-0.15, -0.1) is 0 Å². The highest BCUT2D eigenvalue weighted by Crippen LogP contribution is 2.28. The molecule has 0 aliphatic heterocycles. The molecular weight excluding hydrogens is 476 g/mol. The van der Waals surface area contributed by atoms with Crippen LogP contribution in [0.5, 0.6) is 0 Å². The number of hydrogen-bond donors (Lipinski definition) is 2. The van der Waals surface area contributed by atoms with E-state index in [1.165, 1.54) is 47.3 Å². The smallest absolute Gasteiger partial charge is 0.359 e. The maximum Gasteiger partial charge on any atom is 0.393 e. The van der Waals surface area contributed by atoms with Crippen LogP contribution in [0.2, 0.25) is 0 Å². The molecule has 1 unspecified atom stereocenters. The van der Waals surface area contributed by atoms with Crippen LogP contribution in [-0.2, 0) is 6.42 Å². The second-order valence-corrected chi connectivity index (χ2v) is 8.27. The lowest BCUT2D eigenvalue weighted by molar-refractivity contribution is -0.127. The van der Waals surface area contributed by atoms with Crippen LogP contribution in [-0.4, -0.2) is 30.7 Å². The van der Waals surface area contributed by atoms with Crippen LogP contribution in [0, 0.1) is 5.82 Å². The summed E-state index contributed by atoms with van der Waals surface area (Å²) in [6.45, 7) is 1.86. The van der Waals surface area contributed by atoms with E-state index in [-0.39, 0.29) is 28.0 Å². The number of fused-ring (bicyclic) bond motifs is 2. The summed E-state index contributed by atoms with van der Waals surface area (Å²) in [7, 11) is 0. The van der Waals surface area contributed by atoms with E-state index >= 15 is 0 Å². The predicted octanol–water partition coefficient (Wildman–Crippen LogP) is 5.46. The second-order valence-electron chi connectivity index (χ2n) is 8.27. The summed E-state index contributed by atoms with van der Waals surface area (Å²) in [6, 6.07) is 10.9. The van der Waals surface area contributed by atoms with Crippen LogP contribution in [0.1, 0.15) is 30.8 Å². The van der Waals surface area contributed by atoms with Gasteiger partial charge in [-0.3, -0.25) is 9.36 Å². The largest absolute Gasteiger partial charge is 0.393 e. The number of aromatic nitrogens is 5. The first-order chi connectivity index (χ1) is 17.2. The van der Waals surface area contributed by atoms with Gasteiger partial charge >= 0.3 is 6.18 Å². The number of alkyl halides is 3. The van der Waals surface area contributed by atoms with Gasteiger partial charge in [0.05, 0.1) is 29.1 Å². The Bertz CT molecular complexity index is 1630. The normalized spacial score (nSPS) is 12.8. The van der Waals surface area contributed by atoms with Gasteiger partial charge in [-0.2, -0.15) is 13.2 Å². The molecule has 2 aromatic carbocycles. The molecule has 3 heterocycles. The first kappa shape index (κ1) is 23.5. The van der Waals surface area contributed by atoms with Gasteiger partial charge in [-0.1, -0.05) is 25.1 Å². The van der Waals surface area contributed by atoms with E-state index < -0.39 is 30.0 Å². The van der Waals surface area contributed by atoms with Gasteiger partial charge in [0.25, 0.3) is 5.56 Å². The highest BCUT2D eigenvalue weighted by atomic mass is 19.4. The molecule has 2 N–H and O–H groups in total. The Balaban J connectivity index is 1.71. The van der Waals surface area contributed by atoms with Crippen molar-refractivity contribution in [3.05, 3.63) is 88.6 Å². The summed E-state index contributed by atoms with van der Waals surface area (Å²) in [5, 5.41) is 3.75. The topological polar surface area (TPSA) is 88.5 Å². The molecule has 0 aliphatic rings. The minimum atomic E-state index is -4.43. The number of benzene rings is 2. The molecule has 0 radical (unpaired) electrons. The molecule has 0 bridgehead atoms. The summed E-state index contributed by atoms with van der Waals surface area (Å²) in [6.07, 6.45) is -2.06. The monoisotopic (exact) mass is 496 g/mol. The molecule has 0 amide bonds. The van der Waals surface area contributed by atoms with Crippen LogP contribution in [0.4, 0.5) is 23.4 Å². The minimum absolute atomic E-state index is 0.0303. The van der Waals surface area contributed by atoms with Crippen molar-refractivity contribution >= 4 is 27.8 Å². The van der Waals surface area contributed by atoms with Crippen LogP contribution in [0.3, 0.4) is 0 Å². The molecule has 11 heteroatoms. The van der Waals surface area contributed by atoms with Gasteiger partial charge in [0.1, 0.15) is 34.8 Å². The number of aromatic amines is 1. The lowest BCUT2D eigenvalue weighted by Gasteiger charge is -2.23. The Labute approximate surface area is 201 Å². The summed E-state index contributed by atoms with van der Waals surface area (Å²) in [5.74, 6) is -0.0614. The fourth-order valence-electron chi connectivity index (χ4n) is 4.23. The number of hydrogen-bond acceptors (Lipinski definition) is 5. The zero-order valence-corrected chi connectivity index (χ0v) is 19.0. The third-order valence-corrected chi connectivity index (χ3v) is 5.83. The van der Waals surface area contributed by atoms with Crippen molar-refractivity contribution in [1.29, 1.82) is 0 Å². The van der Waals surface area contributed by atoms with Gasteiger partial charge in [-0.05, 0) is 42.3 Å². The van der Waals surface area contributed by atoms with Crippen molar-refractivity contribution in [2.75, 3.05) is 5.32 Å². The molecule has 5 aromatic rings. The number of nitrogens with zero attached hydrogens (tertiary/aromatic N) is 4. The number of anilines is 1. The van der Waals surface area contributed by atoms with E-state index in [0.29, 0.717) is 23.3 Å². The molecular formula is C25H20F4N6O. The SMILES string of the molecule is CCC(Nc1ncnc2[nH]ccc12)c1nc2cccc(F)c2c(=O)n1-c1cccc(CC(F)(F)F)c1. The summed E-state index contributed by atoms with van der Waals surface area (Å²) in [5.41, 5.74) is 0.161. The molecule has 3 aromatic heterocycles. The minimum Gasteiger partial charge on any atom is -0.359 e. The van der Waals surface area contributed by atoms with Crippen molar-refractivity contribution < 1.29 is 17.6 Å². The average molecular weight is 496 g/mol. The molecule has 184 valence electrons. The van der Waals surface area contributed by atoms with Crippen LogP contribution in [0.15, 0.2) is 65.8 Å².